The molecule has 1 aliphatic carbocycles. The molecule has 130 valence electrons. The lowest BCUT2D eigenvalue weighted by Crippen LogP contribution is -2.28. The van der Waals surface area contributed by atoms with Gasteiger partial charge in [-0.25, -0.2) is 0 Å². The largest absolute Gasteiger partial charge is 0.426 e. The van der Waals surface area contributed by atoms with Crippen LogP contribution < -0.4 is 16.2 Å². The number of hydrogen-bond donors (Lipinski definition) is 2. The average Bonchev–Trinajstić information content (AvgIpc) is 2.60. The van der Waals surface area contributed by atoms with Crippen molar-refractivity contribution in [3.63, 3.8) is 0 Å². The van der Waals surface area contributed by atoms with E-state index in [0.717, 1.165) is 25.7 Å². The predicted octanol–water partition coefficient (Wildman–Crippen LogP) is 2.26. The summed E-state index contributed by atoms with van der Waals surface area (Å²) in [5, 5.41) is 0. The van der Waals surface area contributed by atoms with Gasteiger partial charge in [0.1, 0.15) is 5.75 Å². The highest BCUT2D eigenvalue weighted by atomic mass is 16.5. The van der Waals surface area contributed by atoms with E-state index in [-0.39, 0.29) is 23.6 Å². The van der Waals surface area contributed by atoms with Crippen molar-refractivity contribution in [3.8, 4) is 5.75 Å². The van der Waals surface area contributed by atoms with Gasteiger partial charge in [0.25, 0.3) is 0 Å². The van der Waals surface area contributed by atoms with Crippen LogP contribution in [0.4, 0.5) is 0 Å². The summed E-state index contributed by atoms with van der Waals surface area (Å²) < 4.78 is 5.44. The van der Waals surface area contributed by atoms with E-state index in [0.29, 0.717) is 30.2 Å². The molecule has 24 heavy (non-hydrogen) atoms. The standard InChI is InChI=1S/C18H25N3O3/c1-2-16(22)13-7-9-15(10-8-13)24-17(23)14-5-3-12(4-6-14)11-21-18(19)20/h7-10,12,14H,2-6,11H2,1H3,(H4,19,20,21). The SMILES string of the molecule is CCC(=O)c1ccc(OC(=O)C2CCC(CN=C(N)N)CC2)cc1. The Hall–Kier alpha value is -2.37. The molecule has 1 saturated carbocycles. The molecule has 0 unspecified atom stereocenters. The second-order valence-electron chi connectivity index (χ2n) is 6.21. The van der Waals surface area contributed by atoms with E-state index in [1.807, 2.05) is 6.92 Å². The first-order valence-electron chi connectivity index (χ1n) is 8.40. The van der Waals surface area contributed by atoms with E-state index < -0.39 is 0 Å². The van der Waals surface area contributed by atoms with Crippen molar-refractivity contribution < 1.29 is 14.3 Å². The zero-order valence-corrected chi connectivity index (χ0v) is 14.0. The highest BCUT2D eigenvalue weighted by Crippen LogP contribution is 2.30. The summed E-state index contributed by atoms with van der Waals surface area (Å²) in [5.41, 5.74) is 11.3. The third-order valence-corrected chi connectivity index (χ3v) is 4.43. The minimum Gasteiger partial charge on any atom is -0.426 e. The van der Waals surface area contributed by atoms with Crippen LogP contribution in [0.5, 0.6) is 5.75 Å². The van der Waals surface area contributed by atoms with Crippen LogP contribution in [-0.4, -0.2) is 24.3 Å². The molecule has 1 aromatic carbocycles. The normalized spacial score (nSPS) is 20.2. The van der Waals surface area contributed by atoms with Crippen molar-refractivity contribution in [1.82, 2.24) is 0 Å². The highest BCUT2D eigenvalue weighted by molar-refractivity contribution is 5.95. The van der Waals surface area contributed by atoms with Gasteiger partial charge >= 0.3 is 5.97 Å². The molecule has 0 amide bonds. The van der Waals surface area contributed by atoms with Gasteiger partial charge in [-0.15, -0.1) is 0 Å². The number of nitrogens with two attached hydrogens (primary N) is 2. The summed E-state index contributed by atoms with van der Waals surface area (Å²) in [5.74, 6) is 0.807. The molecule has 0 saturated heterocycles. The third kappa shape index (κ3) is 5.08. The molecule has 1 fully saturated rings. The number of ether oxygens (including phenoxy) is 1. The number of esters is 1. The molecular weight excluding hydrogens is 306 g/mol. The molecule has 0 radical (unpaired) electrons. The molecule has 0 bridgehead atoms. The Morgan fingerprint density at radius 3 is 2.29 bits per heavy atom. The van der Waals surface area contributed by atoms with Gasteiger partial charge in [-0.1, -0.05) is 6.92 Å². The fourth-order valence-electron chi connectivity index (χ4n) is 2.93. The van der Waals surface area contributed by atoms with Crippen LogP contribution >= 0.6 is 0 Å². The van der Waals surface area contributed by atoms with Crippen LogP contribution in [0.15, 0.2) is 29.3 Å². The topological polar surface area (TPSA) is 108 Å². The van der Waals surface area contributed by atoms with E-state index in [1.54, 1.807) is 24.3 Å². The predicted molar refractivity (Wildman–Crippen MR) is 92.8 cm³/mol. The Kier molecular flexibility index (Phi) is 6.35. The number of nitrogens with zero attached hydrogens (tertiary/aromatic N) is 1. The Morgan fingerprint density at radius 1 is 1.12 bits per heavy atom. The summed E-state index contributed by atoms with van der Waals surface area (Å²) in [6.07, 6.45) is 3.87. The van der Waals surface area contributed by atoms with E-state index in [1.165, 1.54) is 0 Å². The number of rotatable bonds is 6. The quantitative estimate of drug-likeness (QED) is 0.273. The number of guanidine groups is 1. The van der Waals surface area contributed by atoms with Crippen LogP contribution in [-0.2, 0) is 4.79 Å². The molecule has 0 spiro atoms. The summed E-state index contributed by atoms with van der Waals surface area (Å²) in [6.45, 7) is 2.44. The number of hydrogen-bond acceptors (Lipinski definition) is 4. The van der Waals surface area contributed by atoms with Gasteiger partial charge in [0.2, 0.25) is 0 Å². The Labute approximate surface area is 142 Å². The van der Waals surface area contributed by atoms with E-state index in [4.69, 9.17) is 16.2 Å². The maximum atomic E-state index is 12.3. The van der Waals surface area contributed by atoms with Crippen molar-refractivity contribution in [1.29, 1.82) is 0 Å². The smallest absolute Gasteiger partial charge is 0.314 e. The molecule has 0 aliphatic heterocycles. The molecule has 4 N–H and O–H groups in total. The van der Waals surface area contributed by atoms with Crippen molar-refractivity contribution in [3.05, 3.63) is 29.8 Å². The van der Waals surface area contributed by atoms with Gasteiger partial charge in [-0.05, 0) is 55.9 Å². The monoisotopic (exact) mass is 331 g/mol. The minimum absolute atomic E-state index is 0.0759. The van der Waals surface area contributed by atoms with Crippen molar-refractivity contribution in [2.75, 3.05) is 6.54 Å². The van der Waals surface area contributed by atoms with Gasteiger partial charge < -0.3 is 16.2 Å². The fourth-order valence-corrected chi connectivity index (χ4v) is 2.93. The molecular formula is C18H25N3O3. The lowest BCUT2D eigenvalue weighted by atomic mass is 9.82. The zero-order chi connectivity index (χ0) is 17.5. The number of aliphatic imine (C=N–C) groups is 1. The average molecular weight is 331 g/mol. The second kappa shape index (κ2) is 8.47. The molecule has 6 nitrogen and oxygen atoms in total. The van der Waals surface area contributed by atoms with Gasteiger partial charge in [-0.3, -0.25) is 14.6 Å². The van der Waals surface area contributed by atoms with E-state index in [9.17, 15) is 9.59 Å². The van der Waals surface area contributed by atoms with Crippen molar-refractivity contribution in [2.45, 2.75) is 39.0 Å². The summed E-state index contributed by atoms with van der Waals surface area (Å²) >= 11 is 0. The Morgan fingerprint density at radius 2 is 1.75 bits per heavy atom. The number of Topliss-reactive ketones (excluding diaryl/α,β-unsaturated/α-hetero) is 1. The highest BCUT2D eigenvalue weighted by Gasteiger charge is 2.27. The molecule has 0 aromatic heterocycles. The van der Waals surface area contributed by atoms with Crippen molar-refractivity contribution in [2.24, 2.45) is 28.3 Å². The van der Waals surface area contributed by atoms with Crippen LogP contribution in [0, 0.1) is 11.8 Å². The van der Waals surface area contributed by atoms with Gasteiger partial charge in [0.15, 0.2) is 11.7 Å². The fraction of sp³-hybridized carbons (Fsp3) is 0.500. The second-order valence-corrected chi connectivity index (χ2v) is 6.21. The van der Waals surface area contributed by atoms with Gasteiger partial charge in [0, 0.05) is 18.5 Å². The summed E-state index contributed by atoms with van der Waals surface area (Å²) in [4.78, 5) is 27.9. The van der Waals surface area contributed by atoms with E-state index >= 15 is 0 Å². The Balaban J connectivity index is 1.83. The first-order valence-corrected chi connectivity index (χ1v) is 8.40. The maximum absolute atomic E-state index is 12.3. The third-order valence-electron chi connectivity index (χ3n) is 4.43. The lowest BCUT2D eigenvalue weighted by molar-refractivity contribution is -0.140. The van der Waals surface area contributed by atoms with Crippen molar-refractivity contribution >= 4 is 17.7 Å². The maximum Gasteiger partial charge on any atom is 0.314 e. The molecule has 1 aliphatic rings. The van der Waals surface area contributed by atoms with E-state index in [2.05, 4.69) is 4.99 Å². The number of carbonyl (C=O) groups excluding carboxylic acids is 2. The molecule has 1 aromatic rings. The lowest BCUT2D eigenvalue weighted by Gasteiger charge is -2.26. The zero-order valence-electron chi connectivity index (χ0n) is 14.0. The van der Waals surface area contributed by atoms with Crippen LogP contribution in [0.1, 0.15) is 49.4 Å². The number of ketones is 1. The van der Waals surface area contributed by atoms with Gasteiger partial charge in [0.05, 0.1) is 5.92 Å². The molecule has 6 heteroatoms. The first-order chi connectivity index (χ1) is 11.5. The van der Waals surface area contributed by atoms with Crippen LogP contribution in [0.25, 0.3) is 0 Å². The number of benzene rings is 1. The van der Waals surface area contributed by atoms with Crippen LogP contribution in [0.2, 0.25) is 0 Å². The molecule has 0 atom stereocenters. The number of carbonyl (C=O) groups is 2. The van der Waals surface area contributed by atoms with Crippen LogP contribution in [0.3, 0.4) is 0 Å². The minimum atomic E-state index is -0.204. The summed E-state index contributed by atoms with van der Waals surface area (Å²) in [7, 11) is 0. The molecule has 2 rings (SSSR count). The molecule has 0 heterocycles. The summed E-state index contributed by atoms with van der Waals surface area (Å²) in [6, 6.07) is 6.73. The first kappa shape index (κ1) is 18.0. The Bertz CT molecular complexity index is 598. The van der Waals surface area contributed by atoms with Gasteiger partial charge in [-0.2, -0.15) is 0 Å².